The Morgan fingerprint density at radius 1 is 1.35 bits per heavy atom. The standard InChI is InChI=1S/C15H20ClN3O/c16-13-3-1-2-12(10-13)15(4-5-15)11-18-14(17)19-6-8-20-9-7-19/h1-3,10H,4-9,11H2,(H2,17,18). The lowest BCUT2D eigenvalue weighted by molar-refractivity contribution is 0.0674. The summed E-state index contributed by atoms with van der Waals surface area (Å²) in [6.45, 7) is 3.88. The summed E-state index contributed by atoms with van der Waals surface area (Å²) >= 11 is 6.08. The molecule has 108 valence electrons. The molecule has 1 heterocycles. The molecule has 1 saturated heterocycles. The van der Waals surface area contributed by atoms with Gasteiger partial charge in [0.05, 0.1) is 19.8 Å². The number of hydrogen-bond donors (Lipinski definition) is 1. The molecule has 0 radical (unpaired) electrons. The normalized spacial score (nSPS) is 21.9. The summed E-state index contributed by atoms with van der Waals surface area (Å²) in [7, 11) is 0. The van der Waals surface area contributed by atoms with Crippen molar-refractivity contribution >= 4 is 17.6 Å². The van der Waals surface area contributed by atoms with Crippen LogP contribution in [0.5, 0.6) is 0 Å². The van der Waals surface area contributed by atoms with E-state index in [1.807, 2.05) is 12.1 Å². The van der Waals surface area contributed by atoms with Gasteiger partial charge in [0.25, 0.3) is 0 Å². The molecule has 2 fully saturated rings. The van der Waals surface area contributed by atoms with E-state index in [1.165, 1.54) is 5.56 Å². The van der Waals surface area contributed by atoms with Gasteiger partial charge in [-0.3, -0.25) is 4.99 Å². The smallest absolute Gasteiger partial charge is 0.191 e. The molecule has 0 unspecified atom stereocenters. The van der Waals surface area contributed by atoms with Gasteiger partial charge in [-0.25, -0.2) is 0 Å². The van der Waals surface area contributed by atoms with E-state index < -0.39 is 0 Å². The van der Waals surface area contributed by atoms with Crippen LogP contribution in [0.4, 0.5) is 0 Å². The van der Waals surface area contributed by atoms with Crippen molar-refractivity contribution in [3.8, 4) is 0 Å². The van der Waals surface area contributed by atoms with Crippen molar-refractivity contribution in [2.45, 2.75) is 18.3 Å². The first-order valence-electron chi connectivity index (χ1n) is 7.08. The zero-order valence-corrected chi connectivity index (χ0v) is 12.3. The van der Waals surface area contributed by atoms with E-state index >= 15 is 0 Å². The van der Waals surface area contributed by atoms with E-state index in [4.69, 9.17) is 22.1 Å². The monoisotopic (exact) mass is 293 g/mol. The van der Waals surface area contributed by atoms with E-state index in [0.29, 0.717) is 5.96 Å². The Morgan fingerprint density at radius 3 is 2.75 bits per heavy atom. The van der Waals surface area contributed by atoms with Crippen LogP contribution in [0.1, 0.15) is 18.4 Å². The van der Waals surface area contributed by atoms with Gasteiger partial charge >= 0.3 is 0 Å². The lowest BCUT2D eigenvalue weighted by Gasteiger charge is -2.28. The minimum absolute atomic E-state index is 0.155. The van der Waals surface area contributed by atoms with Crippen molar-refractivity contribution in [1.29, 1.82) is 0 Å². The molecule has 5 heteroatoms. The summed E-state index contributed by atoms with van der Waals surface area (Å²) in [4.78, 5) is 6.70. The van der Waals surface area contributed by atoms with E-state index in [9.17, 15) is 0 Å². The minimum atomic E-state index is 0.155. The average Bonchev–Trinajstić information content (AvgIpc) is 3.27. The molecule has 20 heavy (non-hydrogen) atoms. The molecule has 3 rings (SSSR count). The molecular formula is C15H20ClN3O. The van der Waals surface area contributed by atoms with Gasteiger partial charge in [0, 0.05) is 23.5 Å². The number of halogens is 1. The van der Waals surface area contributed by atoms with Crippen LogP contribution in [0, 0.1) is 0 Å². The minimum Gasteiger partial charge on any atom is -0.378 e. The van der Waals surface area contributed by atoms with Gasteiger partial charge in [-0.05, 0) is 30.5 Å². The molecule has 1 aromatic rings. The predicted octanol–water partition coefficient (Wildman–Crippen LogP) is 2.02. The predicted molar refractivity (Wildman–Crippen MR) is 81.2 cm³/mol. The van der Waals surface area contributed by atoms with Crippen LogP contribution in [0.15, 0.2) is 29.3 Å². The topological polar surface area (TPSA) is 50.8 Å². The fourth-order valence-corrected chi connectivity index (χ4v) is 2.82. The first kappa shape index (κ1) is 13.7. The summed E-state index contributed by atoms with van der Waals surface area (Å²) in [6.07, 6.45) is 2.32. The highest BCUT2D eigenvalue weighted by molar-refractivity contribution is 6.30. The van der Waals surface area contributed by atoms with E-state index in [1.54, 1.807) is 0 Å². The van der Waals surface area contributed by atoms with Gasteiger partial charge in [-0.1, -0.05) is 23.7 Å². The van der Waals surface area contributed by atoms with Crippen molar-refractivity contribution in [2.75, 3.05) is 32.8 Å². The van der Waals surface area contributed by atoms with Gasteiger partial charge < -0.3 is 15.4 Å². The molecule has 1 aliphatic carbocycles. The maximum absolute atomic E-state index is 6.09. The van der Waals surface area contributed by atoms with Gasteiger partial charge in [-0.15, -0.1) is 0 Å². The molecule has 0 aromatic heterocycles. The van der Waals surface area contributed by atoms with Crippen molar-refractivity contribution in [3.05, 3.63) is 34.9 Å². The Balaban J connectivity index is 1.68. The SMILES string of the molecule is NC(=NCC1(c2cccc(Cl)c2)CC1)N1CCOCC1. The first-order valence-corrected chi connectivity index (χ1v) is 7.46. The number of guanidine groups is 1. The third kappa shape index (κ3) is 2.91. The number of benzene rings is 1. The van der Waals surface area contributed by atoms with E-state index in [-0.39, 0.29) is 5.41 Å². The summed E-state index contributed by atoms with van der Waals surface area (Å²) in [6, 6.07) is 8.10. The number of rotatable bonds is 3. The average molecular weight is 294 g/mol. The molecule has 1 saturated carbocycles. The molecule has 0 spiro atoms. The molecule has 1 aliphatic heterocycles. The number of ether oxygens (including phenoxy) is 1. The third-order valence-corrected chi connectivity index (χ3v) is 4.40. The van der Waals surface area contributed by atoms with E-state index in [0.717, 1.165) is 50.7 Å². The molecule has 0 atom stereocenters. The molecule has 0 bridgehead atoms. The molecule has 2 aliphatic rings. The van der Waals surface area contributed by atoms with Crippen LogP contribution in [0.3, 0.4) is 0 Å². The molecule has 0 amide bonds. The van der Waals surface area contributed by atoms with Crippen LogP contribution >= 0.6 is 11.6 Å². The largest absolute Gasteiger partial charge is 0.378 e. The number of nitrogens with zero attached hydrogens (tertiary/aromatic N) is 2. The first-order chi connectivity index (χ1) is 9.70. The van der Waals surface area contributed by atoms with Crippen LogP contribution < -0.4 is 5.73 Å². The summed E-state index contributed by atoms with van der Waals surface area (Å²) in [5.41, 5.74) is 7.52. The van der Waals surface area contributed by atoms with Crippen molar-refractivity contribution in [1.82, 2.24) is 4.90 Å². The second kappa shape index (κ2) is 5.62. The Labute approximate surface area is 124 Å². The highest BCUT2D eigenvalue weighted by Gasteiger charge is 2.44. The summed E-state index contributed by atoms with van der Waals surface area (Å²) in [5, 5.41) is 0.791. The molecular weight excluding hydrogens is 274 g/mol. The van der Waals surface area contributed by atoms with Crippen molar-refractivity contribution in [2.24, 2.45) is 10.7 Å². The number of aliphatic imine (C=N–C) groups is 1. The van der Waals surface area contributed by atoms with Crippen molar-refractivity contribution < 1.29 is 4.74 Å². The van der Waals surface area contributed by atoms with E-state index in [2.05, 4.69) is 22.0 Å². The maximum Gasteiger partial charge on any atom is 0.191 e. The molecule has 4 nitrogen and oxygen atoms in total. The highest BCUT2D eigenvalue weighted by atomic mass is 35.5. The highest BCUT2D eigenvalue weighted by Crippen LogP contribution is 2.48. The lowest BCUT2D eigenvalue weighted by atomic mass is 9.96. The zero-order valence-electron chi connectivity index (χ0n) is 11.5. The van der Waals surface area contributed by atoms with Gasteiger partial charge in [0.2, 0.25) is 0 Å². The Bertz CT molecular complexity index is 508. The van der Waals surface area contributed by atoms with Crippen LogP contribution in [0.25, 0.3) is 0 Å². The zero-order chi connectivity index (χ0) is 14.0. The van der Waals surface area contributed by atoms with Crippen LogP contribution in [-0.2, 0) is 10.2 Å². The second-order valence-electron chi connectivity index (χ2n) is 5.56. The quantitative estimate of drug-likeness (QED) is 0.685. The van der Waals surface area contributed by atoms with Crippen molar-refractivity contribution in [3.63, 3.8) is 0 Å². The van der Waals surface area contributed by atoms with Gasteiger partial charge in [0.15, 0.2) is 5.96 Å². The Morgan fingerprint density at radius 2 is 2.10 bits per heavy atom. The lowest BCUT2D eigenvalue weighted by Crippen LogP contribution is -2.45. The fraction of sp³-hybridized carbons (Fsp3) is 0.533. The maximum atomic E-state index is 6.09. The number of morpholine rings is 1. The summed E-state index contributed by atoms with van der Waals surface area (Å²) < 4.78 is 5.32. The fourth-order valence-electron chi connectivity index (χ4n) is 2.63. The second-order valence-corrected chi connectivity index (χ2v) is 6.00. The van der Waals surface area contributed by atoms with Crippen LogP contribution in [0.2, 0.25) is 5.02 Å². The van der Waals surface area contributed by atoms with Gasteiger partial charge in [-0.2, -0.15) is 0 Å². The van der Waals surface area contributed by atoms with Gasteiger partial charge in [0.1, 0.15) is 0 Å². The Hall–Kier alpha value is -1.26. The third-order valence-electron chi connectivity index (χ3n) is 4.17. The molecule has 2 N–H and O–H groups in total. The summed E-state index contributed by atoms with van der Waals surface area (Å²) in [5.74, 6) is 0.640. The molecule has 1 aromatic carbocycles. The number of hydrogen-bond acceptors (Lipinski definition) is 2. The van der Waals surface area contributed by atoms with Crippen LogP contribution in [-0.4, -0.2) is 43.7 Å². The Kier molecular flexibility index (Phi) is 3.85. The number of nitrogens with two attached hydrogens (primary N) is 1.